The van der Waals surface area contributed by atoms with E-state index in [1.165, 1.54) is 19.3 Å². The van der Waals surface area contributed by atoms with Crippen LogP contribution in [0.2, 0.25) is 0 Å². The van der Waals surface area contributed by atoms with Crippen molar-refractivity contribution < 1.29 is 10.2 Å². The van der Waals surface area contributed by atoms with Crippen LogP contribution in [-0.4, -0.2) is 22.4 Å². The van der Waals surface area contributed by atoms with Crippen LogP contribution in [0.15, 0.2) is 0 Å². The van der Waals surface area contributed by atoms with Crippen molar-refractivity contribution >= 4 is 0 Å². The Kier molecular flexibility index (Phi) is 10.4. The molecule has 0 aromatic rings. The zero-order valence-electron chi connectivity index (χ0n) is 10.4. The first-order valence-electron chi connectivity index (χ1n) is 6.56. The third-order valence-corrected chi connectivity index (χ3v) is 2.94. The average Bonchev–Trinajstić information content (AvgIpc) is 2.24. The Bertz CT molecular complexity index is 126. The van der Waals surface area contributed by atoms with Gasteiger partial charge >= 0.3 is 0 Å². The molecule has 0 bridgehead atoms. The number of hydrogen-bond acceptors (Lipinski definition) is 2. The highest BCUT2D eigenvalue weighted by atomic mass is 16.3. The van der Waals surface area contributed by atoms with Crippen LogP contribution in [-0.2, 0) is 0 Å². The highest BCUT2D eigenvalue weighted by Crippen LogP contribution is 2.12. The third kappa shape index (κ3) is 10.2. The van der Waals surface area contributed by atoms with E-state index in [1.54, 1.807) is 0 Å². The molecule has 0 aromatic carbocycles. The quantitative estimate of drug-likeness (QED) is 0.550. The molecule has 0 spiro atoms. The van der Waals surface area contributed by atoms with Gasteiger partial charge in [-0.05, 0) is 32.1 Å². The summed E-state index contributed by atoms with van der Waals surface area (Å²) in [6.07, 6.45) is 8.99. The molecule has 0 amide bonds. The fourth-order valence-corrected chi connectivity index (χ4v) is 1.74. The summed E-state index contributed by atoms with van der Waals surface area (Å²) in [5, 5.41) is 19.0. The van der Waals surface area contributed by atoms with Crippen LogP contribution in [0.25, 0.3) is 0 Å². The van der Waals surface area contributed by atoms with Gasteiger partial charge < -0.3 is 10.2 Å². The summed E-state index contributed by atoms with van der Waals surface area (Å²) in [5.74, 6) is 0. The SMILES string of the molecule is CCCCCCC(O)CCCC(O)CC. The summed E-state index contributed by atoms with van der Waals surface area (Å²) >= 11 is 0. The summed E-state index contributed by atoms with van der Waals surface area (Å²) in [6.45, 7) is 4.19. The summed E-state index contributed by atoms with van der Waals surface area (Å²) < 4.78 is 0. The lowest BCUT2D eigenvalue weighted by Gasteiger charge is -2.11. The van der Waals surface area contributed by atoms with E-state index in [-0.39, 0.29) is 12.2 Å². The summed E-state index contributed by atoms with van der Waals surface area (Å²) in [5.41, 5.74) is 0. The predicted molar refractivity (Wildman–Crippen MR) is 64.9 cm³/mol. The van der Waals surface area contributed by atoms with Crippen LogP contribution in [0.4, 0.5) is 0 Å². The Balaban J connectivity index is 3.21. The van der Waals surface area contributed by atoms with E-state index in [1.807, 2.05) is 6.92 Å². The van der Waals surface area contributed by atoms with Crippen molar-refractivity contribution in [3.05, 3.63) is 0 Å². The normalized spacial score (nSPS) is 15.2. The van der Waals surface area contributed by atoms with Gasteiger partial charge in [-0.3, -0.25) is 0 Å². The standard InChI is InChI=1S/C13H28O2/c1-3-5-6-7-9-13(15)11-8-10-12(14)4-2/h12-15H,3-11H2,1-2H3. The van der Waals surface area contributed by atoms with Gasteiger partial charge in [-0.15, -0.1) is 0 Å². The lowest BCUT2D eigenvalue weighted by Crippen LogP contribution is -2.09. The summed E-state index contributed by atoms with van der Waals surface area (Å²) in [7, 11) is 0. The van der Waals surface area contributed by atoms with Gasteiger partial charge in [0, 0.05) is 0 Å². The Hall–Kier alpha value is -0.0800. The number of aliphatic hydroxyl groups is 2. The van der Waals surface area contributed by atoms with Crippen LogP contribution in [0.3, 0.4) is 0 Å². The summed E-state index contributed by atoms with van der Waals surface area (Å²) in [6, 6.07) is 0. The fraction of sp³-hybridized carbons (Fsp3) is 1.00. The predicted octanol–water partition coefficient (Wildman–Crippen LogP) is 3.26. The molecule has 92 valence electrons. The van der Waals surface area contributed by atoms with Gasteiger partial charge in [0.05, 0.1) is 12.2 Å². The van der Waals surface area contributed by atoms with Crippen LogP contribution in [0, 0.1) is 0 Å². The molecule has 0 aromatic heterocycles. The van der Waals surface area contributed by atoms with E-state index in [0.29, 0.717) is 0 Å². The molecule has 15 heavy (non-hydrogen) atoms. The Labute approximate surface area is 94.7 Å². The highest BCUT2D eigenvalue weighted by molar-refractivity contribution is 4.59. The van der Waals surface area contributed by atoms with Crippen LogP contribution >= 0.6 is 0 Å². The van der Waals surface area contributed by atoms with Crippen molar-refractivity contribution in [2.45, 2.75) is 83.8 Å². The van der Waals surface area contributed by atoms with Gasteiger partial charge in [0.25, 0.3) is 0 Å². The fourth-order valence-electron chi connectivity index (χ4n) is 1.74. The van der Waals surface area contributed by atoms with E-state index >= 15 is 0 Å². The van der Waals surface area contributed by atoms with Gasteiger partial charge in [-0.1, -0.05) is 39.5 Å². The highest BCUT2D eigenvalue weighted by Gasteiger charge is 2.05. The molecular weight excluding hydrogens is 188 g/mol. The molecule has 2 atom stereocenters. The van der Waals surface area contributed by atoms with Crippen LogP contribution in [0.1, 0.15) is 71.6 Å². The second-order valence-corrected chi connectivity index (χ2v) is 4.50. The zero-order valence-corrected chi connectivity index (χ0v) is 10.4. The first-order valence-corrected chi connectivity index (χ1v) is 6.56. The molecule has 2 heteroatoms. The molecule has 2 unspecified atom stereocenters. The molecule has 0 rings (SSSR count). The van der Waals surface area contributed by atoms with Crippen molar-refractivity contribution in [2.24, 2.45) is 0 Å². The van der Waals surface area contributed by atoms with E-state index in [4.69, 9.17) is 0 Å². The Morgan fingerprint density at radius 3 is 1.93 bits per heavy atom. The number of unbranched alkanes of at least 4 members (excludes halogenated alkanes) is 3. The average molecular weight is 216 g/mol. The molecule has 0 saturated carbocycles. The Morgan fingerprint density at radius 2 is 1.33 bits per heavy atom. The van der Waals surface area contributed by atoms with Crippen LogP contribution < -0.4 is 0 Å². The molecule has 0 radical (unpaired) electrons. The maximum atomic E-state index is 9.65. The third-order valence-electron chi connectivity index (χ3n) is 2.94. The van der Waals surface area contributed by atoms with E-state index in [0.717, 1.165) is 38.5 Å². The minimum atomic E-state index is -0.169. The second-order valence-electron chi connectivity index (χ2n) is 4.50. The number of aliphatic hydroxyl groups excluding tert-OH is 2. The minimum absolute atomic E-state index is 0.147. The molecule has 0 aliphatic carbocycles. The monoisotopic (exact) mass is 216 g/mol. The molecule has 0 saturated heterocycles. The molecule has 0 aliphatic rings. The lowest BCUT2D eigenvalue weighted by atomic mass is 10.0. The van der Waals surface area contributed by atoms with Crippen molar-refractivity contribution in [3.63, 3.8) is 0 Å². The molecular formula is C13H28O2. The topological polar surface area (TPSA) is 40.5 Å². The second kappa shape index (κ2) is 10.4. The van der Waals surface area contributed by atoms with E-state index < -0.39 is 0 Å². The summed E-state index contributed by atoms with van der Waals surface area (Å²) in [4.78, 5) is 0. The maximum absolute atomic E-state index is 9.65. The van der Waals surface area contributed by atoms with Gasteiger partial charge in [-0.2, -0.15) is 0 Å². The Morgan fingerprint density at radius 1 is 0.733 bits per heavy atom. The van der Waals surface area contributed by atoms with Gasteiger partial charge in [0.2, 0.25) is 0 Å². The molecule has 2 N–H and O–H groups in total. The molecule has 2 nitrogen and oxygen atoms in total. The van der Waals surface area contributed by atoms with E-state index in [2.05, 4.69) is 6.92 Å². The van der Waals surface area contributed by atoms with Crippen molar-refractivity contribution in [2.75, 3.05) is 0 Å². The van der Waals surface area contributed by atoms with Crippen molar-refractivity contribution in [1.82, 2.24) is 0 Å². The number of hydrogen-bond donors (Lipinski definition) is 2. The van der Waals surface area contributed by atoms with Gasteiger partial charge in [0.1, 0.15) is 0 Å². The smallest absolute Gasteiger partial charge is 0.0540 e. The first-order chi connectivity index (χ1) is 7.20. The lowest BCUT2D eigenvalue weighted by molar-refractivity contribution is 0.125. The maximum Gasteiger partial charge on any atom is 0.0540 e. The van der Waals surface area contributed by atoms with Crippen molar-refractivity contribution in [1.29, 1.82) is 0 Å². The molecule has 0 fully saturated rings. The number of rotatable bonds is 10. The minimum Gasteiger partial charge on any atom is -0.393 e. The largest absolute Gasteiger partial charge is 0.393 e. The first kappa shape index (κ1) is 14.9. The van der Waals surface area contributed by atoms with Gasteiger partial charge in [0.15, 0.2) is 0 Å². The van der Waals surface area contributed by atoms with Gasteiger partial charge in [-0.25, -0.2) is 0 Å². The van der Waals surface area contributed by atoms with E-state index in [9.17, 15) is 10.2 Å². The van der Waals surface area contributed by atoms with Crippen molar-refractivity contribution in [3.8, 4) is 0 Å². The van der Waals surface area contributed by atoms with Crippen LogP contribution in [0.5, 0.6) is 0 Å². The zero-order chi connectivity index (χ0) is 11.5. The molecule has 0 heterocycles. The molecule has 0 aliphatic heterocycles.